The molecule has 0 bridgehead atoms. The summed E-state index contributed by atoms with van der Waals surface area (Å²) in [5, 5.41) is 7.50. The molecule has 1 atom stereocenters. The number of aromatic nitrogens is 2. The van der Waals surface area contributed by atoms with Crippen molar-refractivity contribution < 1.29 is 4.79 Å². The molecule has 2 aliphatic rings. The fraction of sp³-hybridized carbons (Fsp3) is 0.778. The van der Waals surface area contributed by atoms with Crippen molar-refractivity contribution >= 4 is 5.91 Å². The number of hydrogen-bond donors (Lipinski definition) is 2. The monoisotopic (exact) mass is 318 g/mol. The van der Waals surface area contributed by atoms with E-state index in [1.54, 1.807) is 0 Å². The SMILES string of the molecule is Cn1ncc(C2CC2)c1CNC(=O)C(CN)C1CCCCCC1. The Labute approximate surface area is 139 Å². The molecule has 3 rings (SSSR count). The van der Waals surface area contributed by atoms with E-state index in [0.717, 1.165) is 18.5 Å². The molecule has 2 saturated carbocycles. The van der Waals surface area contributed by atoms with Gasteiger partial charge in [0.25, 0.3) is 0 Å². The minimum absolute atomic E-state index is 0.0364. The topological polar surface area (TPSA) is 72.9 Å². The Kier molecular flexibility index (Phi) is 5.36. The van der Waals surface area contributed by atoms with E-state index in [9.17, 15) is 4.79 Å². The molecule has 1 aromatic heterocycles. The number of aryl methyl sites for hydroxylation is 1. The Hall–Kier alpha value is -1.36. The largest absolute Gasteiger partial charge is 0.350 e. The summed E-state index contributed by atoms with van der Waals surface area (Å²) in [6.07, 6.45) is 11.8. The van der Waals surface area contributed by atoms with Crippen LogP contribution in [0, 0.1) is 11.8 Å². The standard InChI is InChI=1S/C18H30N4O/c1-22-17(16(11-21-22)14-8-9-14)12-20-18(23)15(10-19)13-6-4-2-3-5-7-13/h11,13-15H,2-10,12,19H2,1H3,(H,20,23). The van der Waals surface area contributed by atoms with Gasteiger partial charge < -0.3 is 11.1 Å². The van der Waals surface area contributed by atoms with E-state index in [0.29, 0.717) is 24.9 Å². The summed E-state index contributed by atoms with van der Waals surface area (Å²) in [5.74, 6) is 1.20. The van der Waals surface area contributed by atoms with Crippen LogP contribution in [0.25, 0.3) is 0 Å². The van der Waals surface area contributed by atoms with Gasteiger partial charge in [-0.2, -0.15) is 5.10 Å². The van der Waals surface area contributed by atoms with Crippen molar-refractivity contribution in [1.29, 1.82) is 0 Å². The number of rotatable bonds is 6. The average molecular weight is 318 g/mol. The lowest BCUT2D eigenvalue weighted by atomic mass is 9.85. The van der Waals surface area contributed by atoms with Crippen molar-refractivity contribution in [1.82, 2.24) is 15.1 Å². The minimum atomic E-state index is -0.0364. The van der Waals surface area contributed by atoms with Crippen molar-refractivity contribution in [3.8, 4) is 0 Å². The Morgan fingerprint density at radius 2 is 2.00 bits per heavy atom. The van der Waals surface area contributed by atoms with Crippen LogP contribution in [0.3, 0.4) is 0 Å². The van der Waals surface area contributed by atoms with Gasteiger partial charge in [0.15, 0.2) is 0 Å². The highest BCUT2D eigenvalue weighted by Crippen LogP contribution is 2.41. The van der Waals surface area contributed by atoms with Gasteiger partial charge in [0.2, 0.25) is 5.91 Å². The molecule has 1 amide bonds. The fourth-order valence-electron chi connectivity index (χ4n) is 3.96. The molecule has 0 aliphatic heterocycles. The molecule has 2 fully saturated rings. The van der Waals surface area contributed by atoms with E-state index in [1.807, 2.05) is 17.9 Å². The third-order valence-electron chi connectivity index (χ3n) is 5.60. The van der Waals surface area contributed by atoms with Crippen LogP contribution < -0.4 is 11.1 Å². The summed E-state index contributed by atoms with van der Waals surface area (Å²) in [4.78, 5) is 12.7. The molecule has 0 spiro atoms. The summed E-state index contributed by atoms with van der Waals surface area (Å²) in [6, 6.07) is 0. The molecule has 0 aromatic carbocycles. The molecule has 128 valence electrons. The van der Waals surface area contributed by atoms with E-state index in [4.69, 9.17) is 5.73 Å². The molecule has 5 heteroatoms. The van der Waals surface area contributed by atoms with Crippen molar-refractivity contribution in [2.75, 3.05) is 6.54 Å². The van der Waals surface area contributed by atoms with Crippen LogP contribution in [-0.4, -0.2) is 22.2 Å². The van der Waals surface area contributed by atoms with E-state index in [2.05, 4.69) is 10.4 Å². The normalized spacial score (nSPS) is 21.0. The van der Waals surface area contributed by atoms with Crippen LogP contribution in [0.2, 0.25) is 0 Å². The van der Waals surface area contributed by atoms with Gasteiger partial charge in [-0.15, -0.1) is 0 Å². The maximum absolute atomic E-state index is 12.7. The number of carbonyl (C=O) groups excluding carboxylic acids is 1. The highest BCUT2D eigenvalue weighted by molar-refractivity contribution is 5.79. The molecule has 1 unspecified atom stereocenters. The molecular weight excluding hydrogens is 288 g/mol. The summed E-state index contributed by atoms with van der Waals surface area (Å²) in [5.41, 5.74) is 8.41. The highest BCUT2D eigenvalue weighted by Gasteiger charge is 2.30. The quantitative estimate of drug-likeness (QED) is 0.791. The van der Waals surface area contributed by atoms with E-state index < -0.39 is 0 Å². The maximum atomic E-state index is 12.7. The second kappa shape index (κ2) is 7.47. The van der Waals surface area contributed by atoms with Gasteiger partial charge in [-0.1, -0.05) is 25.7 Å². The number of carbonyl (C=O) groups is 1. The molecular formula is C18H30N4O. The number of amides is 1. The van der Waals surface area contributed by atoms with Gasteiger partial charge in [-0.25, -0.2) is 0 Å². The highest BCUT2D eigenvalue weighted by atomic mass is 16.1. The van der Waals surface area contributed by atoms with Crippen molar-refractivity contribution in [2.24, 2.45) is 24.6 Å². The zero-order chi connectivity index (χ0) is 16.2. The Morgan fingerprint density at radius 3 is 2.61 bits per heavy atom. The molecule has 23 heavy (non-hydrogen) atoms. The second-order valence-electron chi connectivity index (χ2n) is 7.26. The minimum Gasteiger partial charge on any atom is -0.350 e. The molecule has 1 aromatic rings. The summed E-state index contributed by atoms with van der Waals surface area (Å²) < 4.78 is 1.90. The molecule has 0 saturated heterocycles. The van der Waals surface area contributed by atoms with Crippen LogP contribution in [-0.2, 0) is 18.4 Å². The van der Waals surface area contributed by atoms with Crippen molar-refractivity contribution in [2.45, 2.75) is 63.8 Å². The third kappa shape index (κ3) is 3.94. The Bertz CT molecular complexity index is 527. The first-order valence-electron chi connectivity index (χ1n) is 9.19. The summed E-state index contributed by atoms with van der Waals surface area (Å²) in [6.45, 7) is 1.03. The number of nitrogens with one attached hydrogen (secondary N) is 1. The van der Waals surface area contributed by atoms with Gasteiger partial charge in [0.1, 0.15) is 0 Å². The van der Waals surface area contributed by atoms with Crippen molar-refractivity contribution in [3.05, 3.63) is 17.5 Å². The fourth-order valence-corrected chi connectivity index (χ4v) is 3.96. The zero-order valence-corrected chi connectivity index (χ0v) is 14.3. The molecule has 5 nitrogen and oxygen atoms in total. The first kappa shape index (κ1) is 16.5. The van der Waals surface area contributed by atoms with Crippen LogP contribution in [0.5, 0.6) is 0 Å². The first-order chi connectivity index (χ1) is 11.2. The van der Waals surface area contributed by atoms with Gasteiger partial charge in [-0.3, -0.25) is 9.48 Å². The lowest BCUT2D eigenvalue weighted by Gasteiger charge is -2.24. The number of nitrogens with two attached hydrogens (primary N) is 1. The predicted octanol–water partition coefficient (Wildman–Crippen LogP) is 2.46. The lowest BCUT2D eigenvalue weighted by Crippen LogP contribution is -2.39. The number of nitrogens with zero attached hydrogens (tertiary/aromatic N) is 2. The van der Waals surface area contributed by atoms with E-state index in [-0.39, 0.29) is 11.8 Å². The van der Waals surface area contributed by atoms with Gasteiger partial charge in [0.05, 0.1) is 24.4 Å². The van der Waals surface area contributed by atoms with Crippen LogP contribution in [0.4, 0.5) is 0 Å². The van der Waals surface area contributed by atoms with Gasteiger partial charge >= 0.3 is 0 Å². The third-order valence-corrected chi connectivity index (χ3v) is 5.60. The molecule has 3 N–H and O–H groups in total. The summed E-state index contributed by atoms with van der Waals surface area (Å²) in [7, 11) is 1.96. The smallest absolute Gasteiger partial charge is 0.224 e. The molecule has 0 radical (unpaired) electrons. The second-order valence-corrected chi connectivity index (χ2v) is 7.26. The van der Waals surface area contributed by atoms with Gasteiger partial charge in [-0.05, 0) is 43.1 Å². The number of hydrogen-bond acceptors (Lipinski definition) is 3. The lowest BCUT2D eigenvalue weighted by molar-refractivity contribution is -0.126. The predicted molar refractivity (Wildman–Crippen MR) is 90.8 cm³/mol. The van der Waals surface area contributed by atoms with Crippen molar-refractivity contribution in [3.63, 3.8) is 0 Å². The van der Waals surface area contributed by atoms with E-state index in [1.165, 1.54) is 44.1 Å². The van der Waals surface area contributed by atoms with Crippen LogP contribution in [0.15, 0.2) is 6.20 Å². The Balaban J connectivity index is 1.60. The van der Waals surface area contributed by atoms with Gasteiger partial charge in [0, 0.05) is 13.6 Å². The van der Waals surface area contributed by atoms with Crippen LogP contribution >= 0.6 is 0 Å². The first-order valence-corrected chi connectivity index (χ1v) is 9.19. The van der Waals surface area contributed by atoms with Crippen LogP contribution in [0.1, 0.15) is 68.5 Å². The zero-order valence-electron chi connectivity index (χ0n) is 14.3. The molecule has 2 aliphatic carbocycles. The average Bonchev–Trinajstić information content (AvgIpc) is 3.35. The maximum Gasteiger partial charge on any atom is 0.224 e. The van der Waals surface area contributed by atoms with E-state index >= 15 is 0 Å². The molecule has 1 heterocycles. The summed E-state index contributed by atoms with van der Waals surface area (Å²) >= 11 is 0. The Morgan fingerprint density at radius 1 is 1.30 bits per heavy atom.